The molecule has 2 heterocycles. The van der Waals surface area contributed by atoms with Crippen molar-refractivity contribution in [1.29, 1.82) is 0 Å². The molecule has 1 saturated heterocycles. The quantitative estimate of drug-likeness (QED) is 0.695. The van der Waals surface area contributed by atoms with Crippen LogP contribution in [-0.4, -0.2) is 68.1 Å². The molecule has 0 aliphatic carbocycles. The maximum absolute atomic E-state index is 12.8. The number of benzene rings is 1. The molecule has 1 aromatic carbocycles. The van der Waals surface area contributed by atoms with E-state index in [1.807, 2.05) is 0 Å². The molecule has 27 heavy (non-hydrogen) atoms. The van der Waals surface area contributed by atoms with E-state index < -0.39 is 42.4 Å². The smallest absolute Gasteiger partial charge is 0.388 e. The third kappa shape index (κ3) is 4.12. The van der Waals surface area contributed by atoms with Gasteiger partial charge in [-0.2, -0.15) is 13.2 Å². The van der Waals surface area contributed by atoms with E-state index in [0.29, 0.717) is 0 Å². The predicted molar refractivity (Wildman–Crippen MR) is 84.2 cm³/mol. The maximum Gasteiger partial charge on any atom is 0.416 e. The fourth-order valence-corrected chi connectivity index (χ4v) is 2.82. The molecule has 0 radical (unpaired) electrons. The van der Waals surface area contributed by atoms with Crippen molar-refractivity contribution in [2.75, 3.05) is 7.11 Å². The van der Waals surface area contributed by atoms with Crippen molar-refractivity contribution < 1.29 is 38.0 Å². The minimum Gasteiger partial charge on any atom is -0.388 e. The highest BCUT2D eigenvalue weighted by molar-refractivity contribution is 5.58. The molecule has 2 aromatic rings. The van der Waals surface area contributed by atoms with Gasteiger partial charge in [-0.15, -0.1) is 5.10 Å². The van der Waals surface area contributed by atoms with Crippen molar-refractivity contribution in [2.24, 2.45) is 0 Å². The first-order valence-electron chi connectivity index (χ1n) is 8.01. The van der Waals surface area contributed by atoms with E-state index in [1.165, 1.54) is 30.1 Å². The summed E-state index contributed by atoms with van der Waals surface area (Å²) >= 11 is 0. The van der Waals surface area contributed by atoms with Gasteiger partial charge in [0.2, 0.25) is 0 Å². The standard InChI is InChI=1S/C16H18F3N3O5/c1-26-15-14(25)13(24)12(23)11(27-15)7-22-6-10(20-21-22)8-3-2-4-9(5-8)16(17,18)19/h2-6,11-15,23-25H,7H2,1H3/t11-,12+,13+,14-,15-/m1/s1. The lowest BCUT2D eigenvalue weighted by Crippen LogP contribution is -2.58. The average Bonchev–Trinajstić information content (AvgIpc) is 3.10. The third-order valence-corrected chi connectivity index (χ3v) is 4.29. The highest BCUT2D eigenvalue weighted by atomic mass is 19.4. The van der Waals surface area contributed by atoms with Crippen LogP contribution in [0, 0.1) is 0 Å². The number of aliphatic hydroxyl groups excluding tert-OH is 3. The Morgan fingerprint density at radius 1 is 1.19 bits per heavy atom. The van der Waals surface area contributed by atoms with Gasteiger partial charge in [0, 0.05) is 12.7 Å². The van der Waals surface area contributed by atoms with Gasteiger partial charge >= 0.3 is 6.18 Å². The van der Waals surface area contributed by atoms with Gasteiger partial charge < -0.3 is 24.8 Å². The van der Waals surface area contributed by atoms with E-state index in [0.717, 1.165) is 12.1 Å². The highest BCUT2D eigenvalue weighted by Crippen LogP contribution is 2.31. The molecule has 0 spiro atoms. The molecule has 1 fully saturated rings. The highest BCUT2D eigenvalue weighted by Gasteiger charge is 2.44. The van der Waals surface area contributed by atoms with Crippen LogP contribution < -0.4 is 0 Å². The lowest BCUT2D eigenvalue weighted by Gasteiger charge is -2.39. The first-order chi connectivity index (χ1) is 12.7. The topological polar surface area (TPSA) is 110 Å². The minimum atomic E-state index is -4.47. The van der Waals surface area contributed by atoms with Crippen LogP contribution in [0.25, 0.3) is 11.3 Å². The first-order valence-corrected chi connectivity index (χ1v) is 8.01. The number of hydrogen-bond acceptors (Lipinski definition) is 7. The van der Waals surface area contributed by atoms with Crippen molar-refractivity contribution >= 4 is 0 Å². The molecular formula is C16H18F3N3O5. The second kappa shape index (κ2) is 7.52. The molecule has 3 N–H and O–H groups in total. The zero-order chi connectivity index (χ0) is 19.8. The van der Waals surface area contributed by atoms with Gasteiger partial charge in [0.1, 0.15) is 30.1 Å². The number of aromatic nitrogens is 3. The van der Waals surface area contributed by atoms with Crippen LogP contribution in [0.3, 0.4) is 0 Å². The number of halogens is 3. The number of nitrogens with zero attached hydrogens (tertiary/aromatic N) is 3. The van der Waals surface area contributed by atoms with E-state index in [4.69, 9.17) is 9.47 Å². The van der Waals surface area contributed by atoms with Crippen LogP contribution in [0.1, 0.15) is 5.56 Å². The lowest BCUT2D eigenvalue weighted by atomic mass is 9.99. The Morgan fingerprint density at radius 3 is 2.59 bits per heavy atom. The van der Waals surface area contributed by atoms with Gasteiger partial charge in [-0.3, -0.25) is 0 Å². The molecule has 1 aromatic heterocycles. The van der Waals surface area contributed by atoms with Gasteiger partial charge in [0.25, 0.3) is 0 Å². The van der Waals surface area contributed by atoms with Crippen molar-refractivity contribution in [3.05, 3.63) is 36.0 Å². The summed E-state index contributed by atoms with van der Waals surface area (Å²) in [4.78, 5) is 0. The molecule has 0 saturated carbocycles. The molecule has 148 valence electrons. The largest absolute Gasteiger partial charge is 0.416 e. The summed E-state index contributed by atoms with van der Waals surface area (Å²) in [6.45, 7) is -0.0588. The second-order valence-corrected chi connectivity index (χ2v) is 6.15. The SMILES string of the molecule is CO[C@@H]1O[C@H](Cn2cc(-c3cccc(C(F)(F)F)c3)nn2)[C@H](O)[C@H](O)[C@H]1O. The predicted octanol–water partition coefficient (Wildman–Crippen LogP) is 0.418. The van der Waals surface area contributed by atoms with Crippen LogP contribution in [0.15, 0.2) is 30.5 Å². The molecule has 11 heteroatoms. The second-order valence-electron chi connectivity index (χ2n) is 6.15. The zero-order valence-corrected chi connectivity index (χ0v) is 14.1. The zero-order valence-electron chi connectivity index (χ0n) is 14.1. The Balaban J connectivity index is 1.77. The number of ether oxygens (including phenoxy) is 2. The number of methoxy groups -OCH3 is 1. The monoisotopic (exact) mass is 389 g/mol. The molecule has 8 nitrogen and oxygen atoms in total. The number of alkyl halides is 3. The fraction of sp³-hybridized carbons (Fsp3) is 0.500. The first kappa shape index (κ1) is 19.7. The summed E-state index contributed by atoms with van der Waals surface area (Å²) in [5, 5.41) is 37.3. The van der Waals surface area contributed by atoms with Crippen molar-refractivity contribution in [3.63, 3.8) is 0 Å². The number of aliphatic hydroxyl groups is 3. The minimum absolute atomic E-state index is 0.0588. The Kier molecular flexibility index (Phi) is 5.49. The Bertz CT molecular complexity index is 783. The van der Waals surface area contributed by atoms with E-state index in [1.54, 1.807) is 0 Å². The van der Waals surface area contributed by atoms with Gasteiger partial charge in [-0.05, 0) is 12.1 Å². The fourth-order valence-electron chi connectivity index (χ4n) is 2.82. The molecule has 3 rings (SSSR count). The summed E-state index contributed by atoms with van der Waals surface area (Å²) in [5.41, 5.74) is -0.373. The van der Waals surface area contributed by atoms with Gasteiger partial charge in [0.15, 0.2) is 6.29 Å². The van der Waals surface area contributed by atoms with E-state index >= 15 is 0 Å². The van der Waals surface area contributed by atoms with E-state index in [2.05, 4.69) is 10.3 Å². The lowest BCUT2D eigenvalue weighted by molar-refractivity contribution is -0.292. The van der Waals surface area contributed by atoms with Crippen molar-refractivity contribution in [3.8, 4) is 11.3 Å². The molecular weight excluding hydrogens is 371 g/mol. The summed E-state index contributed by atoms with van der Waals surface area (Å²) in [5.74, 6) is 0. The van der Waals surface area contributed by atoms with Crippen LogP contribution in [-0.2, 0) is 22.2 Å². The van der Waals surface area contributed by atoms with Crippen molar-refractivity contribution in [1.82, 2.24) is 15.0 Å². The molecule has 0 unspecified atom stereocenters. The number of rotatable bonds is 4. The van der Waals surface area contributed by atoms with Gasteiger partial charge in [-0.25, -0.2) is 4.68 Å². The summed E-state index contributed by atoms with van der Waals surface area (Å²) < 4.78 is 50.1. The molecule has 0 amide bonds. The Labute approximate surface area is 151 Å². The summed E-state index contributed by atoms with van der Waals surface area (Å²) in [6.07, 6.45) is -9.50. The van der Waals surface area contributed by atoms with E-state index in [9.17, 15) is 28.5 Å². The van der Waals surface area contributed by atoms with Crippen molar-refractivity contribution in [2.45, 2.75) is 43.4 Å². The molecule has 1 aliphatic rings. The normalized spacial score (nSPS) is 29.1. The molecule has 5 atom stereocenters. The van der Waals surface area contributed by atoms with Crippen LogP contribution in [0.2, 0.25) is 0 Å². The molecule has 1 aliphatic heterocycles. The van der Waals surface area contributed by atoms with Gasteiger partial charge in [-0.1, -0.05) is 17.3 Å². The number of hydrogen-bond donors (Lipinski definition) is 3. The third-order valence-electron chi connectivity index (χ3n) is 4.29. The average molecular weight is 389 g/mol. The Morgan fingerprint density at radius 2 is 1.93 bits per heavy atom. The Hall–Kier alpha value is -2.05. The van der Waals surface area contributed by atoms with Crippen LogP contribution in [0.4, 0.5) is 13.2 Å². The summed E-state index contributed by atoms with van der Waals surface area (Å²) in [7, 11) is 1.27. The van der Waals surface area contributed by atoms with Gasteiger partial charge in [0.05, 0.1) is 18.3 Å². The maximum atomic E-state index is 12.8. The molecule has 0 bridgehead atoms. The van der Waals surface area contributed by atoms with Crippen LogP contribution >= 0.6 is 0 Å². The summed E-state index contributed by atoms with van der Waals surface area (Å²) in [6, 6.07) is 4.65. The van der Waals surface area contributed by atoms with E-state index in [-0.39, 0.29) is 17.8 Å². The van der Waals surface area contributed by atoms with Crippen LogP contribution in [0.5, 0.6) is 0 Å².